The van der Waals surface area contributed by atoms with Crippen LogP contribution in [-0.2, 0) is 16.0 Å². The highest BCUT2D eigenvalue weighted by molar-refractivity contribution is 6.34. The first-order valence-corrected chi connectivity index (χ1v) is 14.2. The maximum atomic E-state index is 11.6. The lowest BCUT2D eigenvalue weighted by molar-refractivity contribution is -0.107. The Kier molecular flexibility index (Phi) is 10.3. The van der Waals surface area contributed by atoms with Gasteiger partial charge >= 0.3 is 0 Å². The summed E-state index contributed by atoms with van der Waals surface area (Å²) in [5.41, 5.74) is 10.3. The van der Waals surface area contributed by atoms with Gasteiger partial charge in [0.05, 0.1) is 40.5 Å². The lowest BCUT2D eigenvalue weighted by Crippen LogP contribution is -2.26. The van der Waals surface area contributed by atoms with E-state index in [1.54, 1.807) is 24.4 Å². The van der Waals surface area contributed by atoms with Crippen molar-refractivity contribution in [3.05, 3.63) is 81.0 Å². The molecule has 1 aliphatic rings. The quantitative estimate of drug-likeness (QED) is 0.0701. The van der Waals surface area contributed by atoms with E-state index >= 15 is 0 Å². The molecular formula is C29H31Cl3N8O2. The fourth-order valence-electron chi connectivity index (χ4n) is 4.96. The summed E-state index contributed by atoms with van der Waals surface area (Å²) >= 11 is 18.9. The van der Waals surface area contributed by atoms with Gasteiger partial charge in [0.25, 0.3) is 0 Å². The molecule has 0 spiro atoms. The number of hydrogen-bond acceptors (Lipinski definition) is 8. The Morgan fingerprint density at radius 3 is 2.76 bits per heavy atom. The van der Waals surface area contributed by atoms with Gasteiger partial charge in [0.15, 0.2) is 0 Å². The van der Waals surface area contributed by atoms with Crippen LogP contribution in [0.4, 0.5) is 11.4 Å². The molecule has 3 aromatic rings. The Labute approximate surface area is 259 Å². The van der Waals surface area contributed by atoms with Crippen molar-refractivity contribution >= 4 is 70.3 Å². The minimum atomic E-state index is -0.0938. The Balaban J connectivity index is 1.64. The second-order valence-electron chi connectivity index (χ2n) is 9.55. The third-order valence-corrected chi connectivity index (χ3v) is 7.76. The summed E-state index contributed by atoms with van der Waals surface area (Å²) in [4.78, 5) is 37.6. The summed E-state index contributed by atoms with van der Waals surface area (Å²) in [6, 6.07) is 8.81. The van der Waals surface area contributed by atoms with E-state index in [0.29, 0.717) is 52.5 Å². The summed E-state index contributed by atoms with van der Waals surface area (Å²) in [6.45, 7) is 0. The van der Waals surface area contributed by atoms with Gasteiger partial charge in [-0.1, -0.05) is 34.8 Å². The molecule has 1 saturated heterocycles. The SMILES string of the molecule is CNc1ccc(-c2cnc(C3CCC(=N/C(=C\C=O)c4cc(Cl)ccc4N(N)/C=C(\N)Cl)N3C)[nH]2)c(Cl)c1CCC=O. The minimum Gasteiger partial charge on any atom is -0.388 e. The van der Waals surface area contributed by atoms with Gasteiger partial charge in [-0.05, 0) is 48.7 Å². The van der Waals surface area contributed by atoms with Crippen LogP contribution in [-0.4, -0.2) is 47.4 Å². The lowest BCUT2D eigenvalue weighted by atomic mass is 10.0. The van der Waals surface area contributed by atoms with Crippen LogP contribution in [0, 0.1) is 0 Å². The largest absolute Gasteiger partial charge is 0.388 e. The number of benzene rings is 2. The molecule has 1 unspecified atom stereocenters. The van der Waals surface area contributed by atoms with Crippen LogP contribution in [0.15, 0.2) is 59.0 Å². The summed E-state index contributed by atoms with van der Waals surface area (Å²) in [5, 5.41) is 5.38. The highest BCUT2D eigenvalue weighted by Gasteiger charge is 2.30. The average molecular weight is 630 g/mol. The number of carbonyl (C=O) groups is 2. The van der Waals surface area contributed by atoms with Crippen molar-refractivity contribution < 1.29 is 9.59 Å². The molecule has 2 aromatic carbocycles. The number of likely N-dealkylation sites (tertiary alicyclic amines) is 1. The number of imidazole rings is 1. The number of rotatable bonds is 11. The van der Waals surface area contributed by atoms with Crippen LogP contribution in [0.2, 0.25) is 10.0 Å². The van der Waals surface area contributed by atoms with Gasteiger partial charge in [-0.15, -0.1) is 0 Å². The zero-order valence-electron chi connectivity index (χ0n) is 23.1. The minimum absolute atomic E-state index is 0.0155. The maximum Gasteiger partial charge on any atom is 0.145 e. The summed E-state index contributed by atoms with van der Waals surface area (Å²) < 4.78 is 0. The van der Waals surface area contributed by atoms with Crippen molar-refractivity contribution in [2.75, 3.05) is 24.4 Å². The first-order valence-electron chi connectivity index (χ1n) is 13.1. The number of anilines is 2. The first-order chi connectivity index (χ1) is 20.2. The van der Waals surface area contributed by atoms with Gasteiger partial charge in [-0.3, -0.25) is 9.80 Å². The molecule has 2 heterocycles. The van der Waals surface area contributed by atoms with Gasteiger partial charge in [0, 0.05) is 54.8 Å². The molecule has 0 amide bonds. The van der Waals surface area contributed by atoms with E-state index in [0.717, 1.165) is 46.9 Å². The average Bonchev–Trinajstić information content (AvgIpc) is 3.58. The number of hydrogen-bond donors (Lipinski definition) is 4. The van der Waals surface area contributed by atoms with E-state index in [9.17, 15) is 9.59 Å². The van der Waals surface area contributed by atoms with E-state index in [1.807, 2.05) is 31.1 Å². The van der Waals surface area contributed by atoms with E-state index in [4.69, 9.17) is 51.4 Å². The lowest BCUT2D eigenvalue weighted by Gasteiger charge is -2.22. The Bertz CT molecular complexity index is 1560. The van der Waals surface area contributed by atoms with Gasteiger partial charge in [-0.25, -0.2) is 15.8 Å². The van der Waals surface area contributed by atoms with Crippen molar-refractivity contribution in [3.8, 4) is 11.3 Å². The zero-order valence-corrected chi connectivity index (χ0v) is 25.3. The monoisotopic (exact) mass is 628 g/mol. The highest BCUT2D eigenvalue weighted by Crippen LogP contribution is 2.38. The van der Waals surface area contributed by atoms with E-state index < -0.39 is 0 Å². The predicted molar refractivity (Wildman–Crippen MR) is 170 cm³/mol. The number of amidine groups is 1. The third-order valence-electron chi connectivity index (χ3n) is 6.99. The zero-order chi connectivity index (χ0) is 30.4. The van der Waals surface area contributed by atoms with Crippen molar-refractivity contribution in [1.82, 2.24) is 14.9 Å². The number of nitrogens with one attached hydrogen (secondary N) is 2. The van der Waals surface area contributed by atoms with Gasteiger partial charge in [0.1, 0.15) is 29.4 Å². The fraction of sp³-hybridized carbons (Fsp3) is 0.241. The number of carbonyl (C=O) groups excluding carboxylic acids is 2. The van der Waals surface area contributed by atoms with Crippen LogP contribution in [0.25, 0.3) is 17.0 Å². The molecular weight excluding hydrogens is 599 g/mol. The topological polar surface area (TPSA) is 146 Å². The Hall–Kier alpha value is -3.83. The molecule has 1 fully saturated rings. The van der Waals surface area contributed by atoms with E-state index in [-0.39, 0.29) is 11.2 Å². The second kappa shape index (κ2) is 13.9. The Morgan fingerprint density at radius 2 is 2.07 bits per heavy atom. The molecule has 10 nitrogen and oxygen atoms in total. The molecule has 6 N–H and O–H groups in total. The smallest absolute Gasteiger partial charge is 0.145 e. The van der Waals surface area contributed by atoms with Crippen LogP contribution in [0.1, 0.15) is 42.3 Å². The molecule has 0 aliphatic carbocycles. The molecule has 4 rings (SSSR count). The molecule has 1 aliphatic heterocycles. The number of nitrogens with zero attached hydrogens (tertiary/aromatic N) is 4. The number of aliphatic imine (C=N–C) groups is 1. The van der Waals surface area contributed by atoms with Crippen LogP contribution < -0.4 is 21.9 Å². The first kappa shape index (κ1) is 31.1. The van der Waals surface area contributed by atoms with E-state index in [1.165, 1.54) is 17.3 Å². The van der Waals surface area contributed by atoms with Crippen molar-refractivity contribution in [3.63, 3.8) is 0 Å². The van der Waals surface area contributed by atoms with E-state index in [2.05, 4.69) is 15.3 Å². The van der Waals surface area contributed by atoms with Crippen molar-refractivity contribution in [1.29, 1.82) is 0 Å². The van der Waals surface area contributed by atoms with Gasteiger partial charge in [0.2, 0.25) is 0 Å². The third kappa shape index (κ3) is 6.79. The fourth-order valence-corrected chi connectivity index (χ4v) is 5.59. The summed E-state index contributed by atoms with van der Waals surface area (Å²) in [7, 11) is 3.75. The number of halogens is 3. The number of allylic oxidation sites excluding steroid dienone is 1. The molecule has 1 atom stereocenters. The van der Waals surface area contributed by atoms with Crippen molar-refractivity contribution in [2.45, 2.75) is 31.7 Å². The molecule has 220 valence electrons. The molecule has 13 heteroatoms. The van der Waals surface area contributed by atoms with Gasteiger partial charge < -0.3 is 25.7 Å². The standard InChI is InChI=1S/C29H31Cl3N8O2/c1-35-21-7-6-19(28(32)18(21)4-3-12-41)23-15-36-29(38-23)25-9-10-27(39(25)2)37-22(11-13-42)20-14-17(30)5-8-24(20)40(34)16-26(31)33/h5-8,11-16,25,35H,3-4,9-10,33-34H2,1-2H3,(H,36,38)/b22-11-,26-16-,37-27?. The van der Waals surface area contributed by atoms with Gasteiger partial charge in [-0.2, -0.15) is 0 Å². The maximum absolute atomic E-state index is 11.6. The number of nitrogens with two attached hydrogens (primary N) is 2. The number of aldehydes is 2. The number of aromatic amines is 1. The molecule has 0 bridgehead atoms. The Morgan fingerprint density at radius 1 is 1.29 bits per heavy atom. The normalized spacial score (nSPS) is 16.7. The summed E-state index contributed by atoms with van der Waals surface area (Å²) in [6.07, 6.45) is 8.28. The molecule has 0 radical (unpaired) electrons. The molecule has 42 heavy (non-hydrogen) atoms. The van der Waals surface area contributed by atoms with Crippen LogP contribution in [0.5, 0.6) is 0 Å². The molecule has 0 saturated carbocycles. The van der Waals surface area contributed by atoms with Crippen LogP contribution >= 0.6 is 34.8 Å². The highest BCUT2D eigenvalue weighted by atomic mass is 35.5. The second-order valence-corrected chi connectivity index (χ2v) is 10.8. The van der Waals surface area contributed by atoms with Crippen molar-refractivity contribution in [2.24, 2.45) is 16.6 Å². The summed E-state index contributed by atoms with van der Waals surface area (Å²) in [5.74, 6) is 7.66. The number of hydrazine groups is 1. The predicted octanol–water partition coefficient (Wildman–Crippen LogP) is 5.64. The number of aromatic nitrogens is 2. The number of H-pyrrole nitrogens is 1. The molecule has 1 aromatic heterocycles. The van der Waals surface area contributed by atoms with Crippen LogP contribution in [0.3, 0.4) is 0 Å².